The molecule has 0 atom stereocenters. The summed E-state index contributed by atoms with van der Waals surface area (Å²) in [7, 11) is 0. The van der Waals surface area contributed by atoms with Crippen LogP contribution in [0, 0.1) is 5.82 Å². The van der Waals surface area contributed by atoms with Gasteiger partial charge in [0.15, 0.2) is 0 Å². The van der Waals surface area contributed by atoms with Gasteiger partial charge in [-0.1, -0.05) is 12.1 Å². The zero-order chi connectivity index (χ0) is 15.5. The third-order valence-corrected chi connectivity index (χ3v) is 3.28. The molecule has 114 valence electrons. The summed E-state index contributed by atoms with van der Waals surface area (Å²) in [5.41, 5.74) is 2.05. The lowest BCUT2D eigenvalue weighted by Crippen LogP contribution is -2.05. The van der Waals surface area contributed by atoms with E-state index in [-0.39, 0.29) is 24.5 Å². The highest BCUT2D eigenvalue weighted by Gasteiger charge is 2.25. The van der Waals surface area contributed by atoms with Crippen LogP contribution < -0.4 is 4.74 Å². The second-order valence-corrected chi connectivity index (χ2v) is 5.26. The van der Waals surface area contributed by atoms with E-state index in [4.69, 9.17) is 9.47 Å². The molecule has 0 radical (unpaired) electrons. The maximum Gasteiger partial charge on any atom is 0.303 e. The summed E-state index contributed by atoms with van der Waals surface area (Å²) in [6.07, 6.45) is 2.17. The Labute approximate surface area is 127 Å². The van der Waals surface area contributed by atoms with Crippen molar-refractivity contribution in [2.75, 3.05) is 0 Å². The molecule has 0 amide bonds. The highest BCUT2D eigenvalue weighted by molar-refractivity contribution is 5.69. The normalized spacial score (nSPS) is 13.7. The molecular weight excluding hydrogens is 285 g/mol. The van der Waals surface area contributed by atoms with E-state index in [0.29, 0.717) is 17.1 Å². The standard InChI is InChI=1S/C17H16FNO3/c1-11(20)21-10-14-5-8-16(12-3-2-4-13(18)9-12)17(19-14)22-15-6-7-15/h2-5,8-9,15H,6-7,10H2,1H3. The van der Waals surface area contributed by atoms with Crippen molar-refractivity contribution in [3.05, 3.63) is 47.9 Å². The molecule has 0 saturated heterocycles. The molecule has 0 bridgehead atoms. The van der Waals surface area contributed by atoms with Gasteiger partial charge in [0.1, 0.15) is 18.5 Å². The van der Waals surface area contributed by atoms with Gasteiger partial charge < -0.3 is 9.47 Å². The van der Waals surface area contributed by atoms with Gasteiger partial charge in [0.05, 0.1) is 5.69 Å². The number of carbonyl (C=O) groups excluding carboxylic acids is 1. The first-order valence-corrected chi connectivity index (χ1v) is 7.18. The van der Waals surface area contributed by atoms with Gasteiger partial charge in [-0.05, 0) is 42.7 Å². The van der Waals surface area contributed by atoms with Crippen molar-refractivity contribution in [3.63, 3.8) is 0 Å². The minimum atomic E-state index is -0.360. The lowest BCUT2D eigenvalue weighted by Gasteiger charge is -2.12. The van der Waals surface area contributed by atoms with Gasteiger partial charge in [-0.25, -0.2) is 9.37 Å². The summed E-state index contributed by atoms with van der Waals surface area (Å²) in [4.78, 5) is 15.3. The van der Waals surface area contributed by atoms with Crippen molar-refractivity contribution in [1.82, 2.24) is 4.98 Å². The van der Waals surface area contributed by atoms with Crippen molar-refractivity contribution in [3.8, 4) is 17.0 Å². The van der Waals surface area contributed by atoms with Crippen LogP contribution in [0.15, 0.2) is 36.4 Å². The summed E-state index contributed by atoms with van der Waals surface area (Å²) in [5.74, 6) is -0.211. The maximum absolute atomic E-state index is 13.4. The molecule has 1 aromatic carbocycles. The molecule has 0 unspecified atom stereocenters. The van der Waals surface area contributed by atoms with Gasteiger partial charge in [-0.2, -0.15) is 0 Å². The number of halogens is 1. The van der Waals surface area contributed by atoms with Crippen molar-refractivity contribution in [2.24, 2.45) is 0 Å². The van der Waals surface area contributed by atoms with Gasteiger partial charge in [-0.3, -0.25) is 4.79 Å². The van der Waals surface area contributed by atoms with Gasteiger partial charge in [0.25, 0.3) is 0 Å². The van der Waals surface area contributed by atoms with E-state index in [0.717, 1.165) is 18.4 Å². The molecule has 22 heavy (non-hydrogen) atoms. The molecule has 4 nitrogen and oxygen atoms in total. The molecular formula is C17H16FNO3. The van der Waals surface area contributed by atoms with Crippen LogP contribution in [0.1, 0.15) is 25.5 Å². The zero-order valence-electron chi connectivity index (χ0n) is 12.2. The molecule has 1 heterocycles. The molecule has 0 spiro atoms. The second kappa shape index (κ2) is 6.13. The molecule has 1 saturated carbocycles. The number of benzene rings is 1. The third-order valence-electron chi connectivity index (χ3n) is 3.28. The summed E-state index contributed by atoms with van der Waals surface area (Å²) >= 11 is 0. The van der Waals surface area contributed by atoms with Gasteiger partial charge in [0.2, 0.25) is 5.88 Å². The number of rotatable bonds is 5. The Morgan fingerprint density at radius 1 is 1.32 bits per heavy atom. The van der Waals surface area contributed by atoms with Crippen molar-refractivity contribution < 1.29 is 18.7 Å². The second-order valence-electron chi connectivity index (χ2n) is 5.26. The fourth-order valence-electron chi connectivity index (χ4n) is 2.04. The van der Waals surface area contributed by atoms with Crippen LogP contribution in [0.3, 0.4) is 0 Å². The van der Waals surface area contributed by atoms with Crippen LogP contribution >= 0.6 is 0 Å². The minimum Gasteiger partial charge on any atom is -0.474 e. The quantitative estimate of drug-likeness (QED) is 0.793. The Balaban J connectivity index is 1.92. The van der Waals surface area contributed by atoms with Gasteiger partial charge >= 0.3 is 5.97 Å². The zero-order valence-corrected chi connectivity index (χ0v) is 12.2. The predicted octanol–water partition coefficient (Wildman–Crippen LogP) is 3.49. The van der Waals surface area contributed by atoms with Crippen LogP contribution in [-0.4, -0.2) is 17.1 Å². The highest BCUT2D eigenvalue weighted by atomic mass is 19.1. The molecule has 1 aliphatic carbocycles. The number of pyridine rings is 1. The first kappa shape index (κ1) is 14.5. The minimum absolute atomic E-state index is 0.0970. The number of aromatic nitrogens is 1. The first-order valence-electron chi connectivity index (χ1n) is 7.18. The van der Waals surface area contributed by atoms with Crippen molar-refractivity contribution in [2.45, 2.75) is 32.5 Å². The van der Waals surface area contributed by atoms with E-state index in [1.165, 1.54) is 19.1 Å². The van der Waals surface area contributed by atoms with Gasteiger partial charge in [0, 0.05) is 12.5 Å². The number of ether oxygens (including phenoxy) is 2. The predicted molar refractivity (Wildman–Crippen MR) is 78.8 cm³/mol. The van der Waals surface area contributed by atoms with E-state index >= 15 is 0 Å². The summed E-state index contributed by atoms with van der Waals surface area (Å²) in [5, 5.41) is 0. The average molecular weight is 301 g/mol. The molecule has 1 fully saturated rings. The van der Waals surface area contributed by atoms with Crippen LogP contribution in [0.5, 0.6) is 5.88 Å². The molecule has 0 aliphatic heterocycles. The summed E-state index contributed by atoms with van der Waals surface area (Å²) < 4.78 is 24.2. The largest absolute Gasteiger partial charge is 0.474 e. The number of nitrogens with zero attached hydrogens (tertiary/aromatic N) is 1. The van der Waals surface area contributed by atoms with E-state index in [2.05, 4.69) is 4.98 Å². The monoisotopic (exact) mass is 301 g/mol. The number of esters is 1. The van der Waals surface area contributed by atoms with E-state index in [9.17, 15) is 9.18 Å². The molecule has 5 heteroatoms. The van der Waals surface area contributed by atoms with Crippen LogP contribution in [0.25, 0.3) is 11.1 Å². The molecule has 1 aromatic heterocycles. The van der Waals surface area contributed by atoms with Crippen LogP contribution in [-0.2, 0) is 16.1 Å². The van der Waals surface area contributed by atoms with E-state index in [1.807, 2.05) is 12.1 Å². The fraction of sp³-hybridized carbons (Fsp3) is 0.294. The number of hydrogen-bond donors (Lipinski definition) is 0. The maximum atomic E-state index is 13.4. The van der Waals surface area contributed by atoms with Crippen molar-refractivity contribution >= 4 is 5.97 Å². The Morgan fingerprint density at radius 2 is 2.14 bits per heavy atom. The Bertz CT molecular complexity index is 698. The third kappa shape index (κ3) is 3.61. The number of hydrogen-bond acceptors (Lipinski definition) is 4. The topological polar surface area (TPSA) is 48.4 Å². The van der Waals surface area contributed by atoms with Gasteiger partial charge in [-0.15, -0.1) is 0 Å². The van der Waals surface area contributed by atoms with Crippen LogP contribution in [0.4, 0.5) is 4.39 Å². The molecule has 2 aromatic rings. The summed E-state index contributed by atoms with van der Waals surface area (Å²) in [6.45, 7) is 1.45. The number of carbonyl (C=O) groups is 1. The molecule has 1 aliphatic rings. The highest BCUT2D eigenvalue weighted by Crippen LogP contribution is 2.34. The molecule has 3 rings (SSSR count). The Hall–Kier alpha value is -2.43. The first-order chi connectivity index (χ1) is 10.6. The Morgan fingerprint density at radius 3 is 2.82 bits per heavy atom. The lowest BCUT2D eigenvalue weighted by atomic mass is 10.1. The average Bonchev–Trinajstić information content (AvgIpc) is 3.29. The van der Waals surface area contributed by atoms with E-state index < -0.39 is 0 Å². The smallest absolute Gasteiger partial charge is 0.303 e. The molecule has 0 N–H and O–H groups in total. The van der Waals surface area contributed by atoms with Crippen LogP contribution in [0.2, 0.25) is 0 Å². The Kier molecular flexibility index (Phi) is 4.04. The van der Waals surface area contributed by atoms with E-state index in [1.54, 1.807) is 12.1 Å². The SMILES string of the molecule is CC(=O)OCc1ccc(-c2cccc(F)c2)c(OC2CC2)n1. The fourth-order valence-corrected chi connectivity index (χ4v) is 2.04. The lowest BCUT2D eigenvalue weighted by molar-refractivity contribution is -0.142. The summed E-state index contributed by atoms with van der Waals surface area (Å²) in [6, 6.07) is 9.88. The van der Waals surface area contributed by atoms with Crippen molar-refractivity contribution in [1.29, 1.82) is 0 Å².